The Morgan fingerprint density at radius 2 is 2.06 bits per heavy atom. The first-order valence-corrected chi connectivity index (χ1v) is 4.42. The maximum atomic E-state index is 11.1. The van der Waals surface area contributed by atoms with Crippen molar-refractivity contribution < 1.29 is 24.7 Å². The zero-order valence-electron chi connectivity index (χ0n) is 9.19. The van der Waals surface area contributed by atoms with Crippen LogP contribution in [-0.2, 0) is 9.53 Å². The van der Waals surface area contributed by atoms with Gasteiger partial charge in [0.25, 0.3) is 0 Å². The SMILES string of the molecule is COC(=O)[C@@H](N)c1cc(O)c(O)c([N+](=O)[O-])c1.Cl. The van der Waals surface area contributed by atoms with E-state index < -0.39 is 34.1 Å². The molecule has 0 aliphatic carbocycles. The van der Waals surface area contributed by atoms with E-state index in [2.05, 4.69) is 4.74 Å². The third-order valence-electron chi connectivity index (χ3n) is 2.10. The maximum Gasteiger partial charge on any atom is 0.327 e. The summed E-state index contributed by atoms with van der Waals surface area (Å²) in [6, 6.07) is 0.589. The molecule has 0 amide bonds. The van der Waals surface area contributed by atoms with Gasteiger partial charge in [-0.05, 0) is 11.6 Å². The number of hydrogen-bond donors (Lipinski definition) is 3. The minimum Gasteiger partial charge on any atom is -0.504 e. The Morgan fingerprint density at radius 1 is 1.50 bits per heavy atom. The first-order valence-electron chi connectivity index (χ1n) is 4.42. The van der Waals surface area contributed by atoms with E-state index in [1.807, 2.05) is 0 Å². The summed E-state index contributed by atoms with van der Waals surface area (Å²) >= 11 is 0. The number of aromatic hydroxyl groups is 2. The summed E-state index contributed by atoms with van der Waals surface area (Å²) in [5.41, 5.74) is 4.68. The second kappa shape index (κ2) is 6.03. The fourth-order valence-corrected chi connectivity index (χ4v) is 1.21. The fraction of sp³-hybridized carbons (Fsp3) is 0.222. The zero-order chi connectivity index (χ0) is 13.2. The van der Waals surface area contributed by atoms with Crippen molar-refractivity contribution in [2.24, 2.45) is 5.73 Å². The highest BCUT2D eigenvalue weighted by Gasteiger charge is 2.24. The molecule has 0 radical (unpaired) electrons. The van der Waals surface area contributed by atoms with Gasteiger partial charge in [0.15, 0.2) is 5.75 Å². The van der Waals surface area contributed by atoms with Crippen LogP contribution in [-0.4, -0.2) is 28.2 Å². The van der Waals surface area contributed by atoms with Crippen LogP contribution in [0.1, 0.15) is 11.6 Å². The van der Waals surface area contributed by atoms with E-state index in [-0.39, 0.29) is 18.0 Å². The Balaban J connectivity index is 0.00000289. The number of nitro groups is 1. The number of phenols is 2. The minimum absolute atomic E-state index is 0. The van der Waals surface area contributed by atoms with Crippen molar-refractivity contribution in [2.45, 2.75) is 6.04 Å². The molecule has 1 atom stereocenters. The van der Waals surface area contributed by atoms with Gasteiger partial charge in [0.05, 0.1) is 12.0 Å². The average molecular weight is 279 g/mol. The van der Waals surface area contributed by atoms with Gasteiger partial charge in [-0.3, -0.25) is 14.9 Å². The molecule has 0 saturated heterocycles. The Morgan fingerprint density at radius 3 is 2.50 bits per heavy atom. The molecular formula is C9H11ClN2O6. The monoisotopic (exact) mass is 278 g/mol. The van der Waals surface area contributed by atoms with Gasteiger partial charge < -0.3 is 20.7 Å². The number of hydrogen-bond acceptors (Lipinski definition) is 7. The molecule has 1 rings (SSSR count). The van der Waals surface area contributed by atoms with Crippen molar-refractivity contribution in [3.05, 3.63) is 27.8 Å². The average Bonchev–Trinajstić information content (AvgIpc) is 2.30. The van der Waals surface area contributed by atoms with Crippen molar-refractivity contribution in [1.82, 2.24) is 0 Å². The molecule has 4 N–H and O–H groups in total. The molecule has 8 nitrogen and oxygen atoms in total. The molecule has 0 spiro atoms. The van der Waals surface area contributed by atoms with E-state index >= 15 is 0 Å². The number of rotatable bonds is 3. The Kier molecular flexibility index (Phi) is 5.34. The summed E-state index contributed by atoms with van der Waals surface area (Å²) in [5.74, 6) is -2.42. The highest BCUT2D eigenvalue weighted by atomic mass is 35.5. The standard InChI is InChI=1S/C9H10N2O6.ClH/c1-17-9(14)7(10)4-2-5(11(15)16)8(13)6(12)3-4;/h2-3,7,12-13H,10H2,1H3;1H/t7-;/m0./s1. The van der Waals surface area contributed by atoms with Crippen molar-refractivity contribution in [1.29, 1.82) is 0 Å². The summed E-state index contributed by atoms with van der Waals surface area (Å²) in [6.07, 6.45) is 0. The van der Waals surface area contributed by atoms with Crippen LogP contribution in [0, 0.1) is 10.1 Å². The van der Waals surface area contributed by atoms with Crippen molar-refractivity contribution in [3.63, 3.8) is 0 Å². The molecule has 0 unspecified atom stereocenters. The van der Waals surface area contributed by atoms with Gasteiger partial charge in [0.1, 0.15) is 6.04 Å². The Hall–Kier alpha value is -2.06. The second-order valence-corrected chi connectivity index (χ2v) is 3.17. The molecule has 0 heterocycles. The lowest BCUT2D eigenvalue weighted by molar-refractivity contribution is -0.386. The molecule has 0 aromatic heterocycles. The summed E-state index contributed by atoms with van der Waals surface area (Å²) < 4.78 is 4.36. The van der Waals surface area contributed by atoms with Gasteiger partial charge in [-0.15, -0.1) is 12.4 Å². The van der Waals surface area contributed by atoms with Crippen LogP contribution in [0.2, 0.25) is 0 Å². The van der Waals surface area contributed by atoms with Crippen LogP contribution in [0.4, 0.5) is 5.69 Å². The van der Waals surface area contributed by atoms with Gasteiger partial charge in [-0.2, -0.15) is 0 Å². The molecule has 100 valence electrons. The number of esters is 1. The normalized spacial score (nSPS) is 11.2. The van der Waals surface area contributed by atoms with Gasteiger partial charge in [-0.1, -0.05) is 0 Å². The smallest absolute Gasteiger partial charge is 0.327 e. The minimum atomic E-state index is -1.27. The third kappa shape index (κ3) is 2.99. The fourth-order valence-electron chi connectivity index (χ4n) is 1.21. The van der Waals surface area contributed by atoms with Crippen LogP contribution < -0.4 is 5.73 Å². The van der Waals surface area contributed by atoms with E-state index in [9.17, 15) is 25.1 Å². The molecule has 0 saturated carbocycles. The molecule has 0 bridgehead atoms. The number of nitrogens with two attached hydrogens (primary N) is 1. The number of nitro benzene ring substituents is 1. The van der Waals surface area contributed by atoms with Crippen LogP contribution >= 0.6 is 12.4 Å². The van der Waals surface area contributed by atoms with Gasteiger partial charge >= 0.3 is 11.7 Å². The summed E-state index contributed by atoms with van der Waals surface area (Å²) in [4.78, 5) is 20.8. The summed E-state index contributed by atoms with van der Waals surface area (Å²) in [6.45, 7) is 0. The number of ether oxygens (including phenoxy) is 1. The number of methoxy groups -OCH3 is 1. The molecule has 1 aromatic rings. The maximum absolute atomic E-state index is 11.1. The molecule has 18 heavy (non-hydrogen) atoms. The summed E-state index contributed by atoms with van der Waals surface area (Å²) in [7, 11) is 1.11. The lowest BCUT2D eigenvalue weighted by Crippen LogP contribution is -2.22. The predicted octanol–water partition coefficient (Wildman–Crippen LogP) is 0.601. The molecule has 0 fully saturated rings. The first-order chi connectivity index (χ1) is 7.88. The number of nitrogens with zero attached hydrogens (tertiary/aromatic N) is 1. The van der Waals surface area contributed by atoms with Crippen molar-refractivity contribution in [2.75, 3.05) is 7.11 Å². The Labute approximate surface area is 108 Å². The van der Waals surface area contributed by atoms with Crippen LogP contribution in [0.3, 0.4) is 0 Å². The number of carbonyl (C=O) groups excluding carboxylic acids is 1. The number of benzene rings is 1. The van der Waals surface area contributed by atoms with E-state index in [0.29, 0.717) is 0 Å². The van der Waals surface area contributed by atoms with E-state index in [0.717, 1.165) is 19.2 Å². The molecule has 1 aromatic carbocycles. The molecule has 0 aliphatic rings. The van der Waals surface area contributed by atoms with Crippen LogP contribution in [0.25, 0.3) is 0 Å². The molecular weight excluding hydrogens is 268 g/mol. The topological polar surface area (TPSA) is 136 Å². The third-order valence-corrected chi connectivity index (χ3v) is 2.10. The largest absolute Gasteiger partial charge is 0.504 e. The van der Waals surface area contributed by atoms with Gasteiger partial charge in [0.2, 0.25) is 5.75 Å². The zero-order valence-corrected chi connectivity index (χ0v) is 10.0. The van der Waals surface area contributed by atoms with Crippen LogP contribution in [0.5, 0.6) is 11.5 Å². The lowest BCUT2D eigenvalue weighted by atomic mass is 10.1. The van der Waals surface area contributed by atoms with Crippen molar-refractivity contribution in [3.8, 4) is 11.5 Å². The van der Waals surface area contributed by atoms with E-state index in [4.69, 9.17) is 5.73 Å². The number of phenolic OH excluding ortho intramolecular Hbond substituents is 2. The highest BCUT2D eigenvalue weighted by Crippen LogP contribution is 2.37. The van der Waals surface area contributed by atoms with Gasteiger partial charge in [-0.25, -0.2) is 0 Å². The molecule has 9 heteroatoms. The predicted molar refractivity (Wildman–Crippen MR) is 62.6 cm³/mol. The van der Waals surface area contributed by atoms with Crippen LogP contribution in [0.15, 0.2) is 12.1 Å². The summed E-state index contributed by atoms with van der Waals surface area (Å²) in [5, 5.41) is 29.1. The van der Waals surface area contributed by atoms with E-state index in [1.54, 1.807) is 0 Å². The van der Waals surface area contributed by atoms with Gasteiger partial charge in [0, 0.05) is 6.07 Å². The highest BCUT2D eigenvalue weighted by molar-refractivity contribution is 5.85. The quantitative estimate of drug-likeness (QED) is 0.319. The lowest BCUT2D eigenvalue weighted by Gasteiger charge is -2.10. The van der Waals surface area contributed by atoms with Crippen molar-refractivity contribution >= 4 is 24.1 Å². The number of halogens is 1. The Bertz CT molecular complexity index is 478. The number of carbonyl (C=O) groups is 1. The molecule has 0 aliphatic heterocycles. The second-order valence-electron chi connectivity index (χ2n) is 3.17. The first kappa shape index (κ1) is 15.9. The van der Waals surface area contributed by atoms with E-state index in [1.165, 1.54) is 0 Å².